The molecule has 0 aliphatic carbocycles. The van der Waals surface area contributed by atoms with Gasteiger partial charge in [-0.15, -0.1) is 11.8 Å². The van der Waals surface area contributed by atoms with Crippen LogP contribution >= 0.6 is 29.7 Å². The molecule has 1 unspecified atom stereocenters. The molecule has 7 heteroatoms. The Kier molecular flexibility index (Phi) is 8.64. The summed E-state index contributed by atoms with van der Waals surface area (Å²) in [5.74, 6) is 0.393. The maximum absolute atomic E-state index is 11.8. The van der Waals surface area contributed by atoms with Gasteiger partial charge in [0, 0.05) is 11.7 Å². The van der Waals surface area contributed by atoms with Crippen LogP contribution in [0.15, 0.2) is 0 Å². The summed E-state index contributed by atoms with van der Waals surface area (Å²) in [4.78, 5) is 10.8. The Balaban J connectivity index is 3.66. The number of hydrogen-bond donors (Lipinski definition) is 0. The number of rotatable bonds is 8. The topological polar surface area (TPSA) is 52.6 Å². The minimum absolute atomic E-state index is 0.264. The second-order valence-corrected chi connectivity index (χ2v) is 10.1. The van der Waals surface area contributed by atoms with Crippen molar-refractivity contribution in [3.8, 4) is 0 Å². The number of ether oxygens (including phenoxy) is 1. The lowest BCUT2D eigenvalue weighted by Crippen LogP contribution is -2.03. The van der Waals surface area contributed by atoms with Crippen molar-refractivity contribution in [1.29, 1.82) is 0 Å². The van der Waals surface area contributed by atoms with Crippen molar-refractivity contribution in [3.05, 3.63) is 0 Å². The van der Waals surface area contributed by atoms with Crippen molar-refractivity contribution in [3.63, 3.8) is 0 Å². The van der Waals surface area contributed by atoms with E-state index in [0.717, 1.165) is 0 Å². The zero-order chi connectivity index (χ0) is 12.6. The van der Waals surface area contributed by atoms with Gasteiger partial charge in [0.15, 0.2) is 0 Å². The molecule has 0 heterocycles. The Hall–Kier alpha value is 0.360. The van der Waals surface area contributed by atoms with Crippen LogP contribution in [0.5, 0.6) is 0 Å². The van der Waals surface area contributed by atoms with Gasteiger partial charge in [-0.3, -0.25) is 9.36 Å². The third-order valence-electron chi connectivity index (χ3n) is 1.46. The average Bonchev–Trinajstić information content (AvgIpc) is 2.21. The molecule has 0 spiro atoms. The normalized spacial score (nSPS) is 14.8. The van der Waals surface area contributed by atoms with Crippen LogP contribution in [0.1, 0.15) is 13.8 Å². The highest BCUT2D eigenvalue weighted by molar-refractivity contribution is 8.58. The maximum atomic E-state index is 11.8. The van der Waals surface area contributed by atoms with Crippen LogP contribution in [-0.4, -0.2) is 37.2 Å². The number of carbonyl (C=O) groups is 1. The Morgan fingerprint density at radius 2 is 2.06 bits per heavy atom. The first-order chi connectivity index (χ1) is 7.37. The van der Waals surface area contributed by atoms with Gasteiger partial charge in [0.2, 0.25) is 0 Å². The number of thioether (sulfide) groups is 1. The third-order valence-corrected chi connectivity index (χ3v) is 6.75. The summed E-state index contributed by atoms with van der Waals surface area (Å²) >= 11 is 2.64. The van der Waals surface area contributed by atoms with Gasteiger partial charge in [-0.05, 0) is 5.92 Å². The van der Waals surface area contributed by atoms with Gasteiger partial charge in [0.25, 0.3) is 6.57 Å². The van der Waals surface area contributed by atoms with Crippen LogP contribution in [0.2, 0.25) is 0 Å². The van der Waals surface area contributed by atoms with Crippen LogP contribution in [0.25, 0.3) is 0 Å². The molecule has 0 rings (SSSR count). The lowest BCUT2D eigenvalue weighted by molar-refractivity contribution is -0.137. The first-order valence-corrected chi connectivity index (χ1v) is 9.70. The molecule has 0 aromatic carbocycles. The van der Waals surface area contributed by atoms with Crippen molar-refractivity contribution >= 4 is 35.7 Å². The van der Waals surface area contributed by atoms with Gasteiger partial charge in [0.1, 0.15) is 0 Å². The smallest absolute Gasteiger partial charge is 0.315 e. The van der Waals surface area contributed by atoms with Crippen molar-refractivity contribution in [2.24, 2.45) is 5.92 Å². The summed E-state index contributed by atoms with van der Waals surface area (Å²) in [6.07, 6.45) is 0. The van der Waals surface area contributed by atoms with Gasteiger partial charge in [0.05, 0.1) is 19.5 Å². The van der Waals surface area contributed by atoms with Crippen LogP contribution in [-0.2, 0) is 18.6 Å². The quantitative estimate of drug-likeness (QED) is 0.296. The van der Waals surface area contributed by atoms with E-state index in [0.29, 0.717) is 17.6 Å². The molecule has 0 aromatic heterocycles. The summed E-state index contributed by atoms with van der Waals surface area (Å²) in [5.41, 5.74) is 0. The van der Waals surface area contributed by atoms with Gasteiger partial charge in [-0.25, -0.2) is 0 Å². The van der Waals surface area contributed by atoms with Crippen LogP contribution in [0.3, 0.4) is 0 Å². The van der Waals surface area contributed by atoms with Gasteiger partial charge in [-0.2, -0.15) is 0 Å². The SMILES string of the molecule is COC(=O)CSCSP(C)(=O)OCC(C)C. The molecule has 0 radical (unpaired) electrons. The molecule has 0 aliphatic heterocycles. The van der Waals surface area contributed by atoms with E-state index < -0.39 is 6.57 Å². The van der Waals surface area contributed by atoms with Gasteiger partial charge in [-0.1, -0.05) is 25.2 Å². The van der Waals surface area contributed by atoms with E-state index >= 15 is 0 Å². The summed E-state index contributed by atoms with van der Waals surface area (Å²) in [5, 5.41) is 0.570. The molecule has 0 N–H and O–H groups in total. The average molecular weight is 286 g/mol. The van der Waals surface area contributed by atoms with E-state index in [1.54, 1.807) is 6.66 Å². The van der Waals surface area contributed by atoms with Crippen LogP contribution in [0, 0.1) is 5.92 Å². The number of esters is 1. The minimum atomic E-state index is -2.57. The fourth-order valence-corrected chi connectivity index (χ4v) is 5.76. The fourth-order valence-electron chi connectivity index (χ4n) is 0.639. The van der Waals surface area contributed by atoms with E-state index in [4.69, 9.17) is 4.52 Å². The lowest BCUT2D eigenvalue weighted by atomic mass is 10.2. The summed E-state index contributed by atoms with van der Waals surface area (Å²) in [6.45, 7) is 3.56. The van der Waals surface area contributed by atoms with Crippen LogP contribution in [0.4, 0.5) is 0 Å². The second kappa shape index (κ2) is 8.45. The van der Waals surface area contributed by atoms with Gasteiger partial charge >= 0.3 is 5.97 Å². The van der Waals surface area contributed by atoms with E-state index in [1.807, 2.05) is 13.8 Å². The Morgan fingerprint density at radius 1 is 1.44 bits per heavy atom. The van der Waals surface area contributed by atoms with Crippen molar-refractivity contribution < 1.29 is 18.6 Å². The molecular weight excluding hydrogens is 267 g/mol. The van der Waals surface area contributed by atoms with E-state index in [9.17, 15) is 9.36 Å². The van der Waals surface area contributed by atoms with E-state index in [1.165, 1.54) is 30.3 Å². The van der Waals surface area contributed by atoms with Crippen molar-refractivity contribution in [2.45, 2.75) is 13.8 Å². The van der Waals surface area contributed by atoms with Crippen LogP contribution < -0.4 is 0 Å². The Morgan fingerprint density at radius 3 is 2.56 bits per heavy atom. The molecule has 1 atom stereocenters. The summed E-state index contributed by atoms with van der Waals surface area (Å²) in [7, 11) is 1.35. The standard InChI is InChI=1S/C9H19O4PS2/c1-8(2)5-13-14(4,11)16-7-15-6-9(10)12-3/h8H,5-7H2,1-4H3. The molecule has 0 aromatic rings. The molecule has 0 saturated carbocycles. The number of methoxy groups -OCH3 is 1. The highest BCUT2D eigenvalue weighted by Gasteiger charge is 2.17. The number of carbonyl (C=O) groups excluding carboxylic acids is 1. The first kappa shape index (κ1) is 16.4. The van der Waals surface area contributed by atoms with E-state index in [2.05, 4.69) is 4.74 Å². The lowest BCUT2D eigenvalue weighted by Gasteiger charge is -2.14. The third kappa shape index (κ3) is 9.58. The highest BCUT2D eigenvalue weighted by Crippen LogP contribution is 2.57. The van der Waals surface area contributed by atoms with Crippen molar-refractivity contribution in [2.75, 3.05) is 31.2 Å². The summed E-state index contributed by atoms with van der Waals surface area (Å²) in [6, 6.07) is 0. The van der Waals surface area contributed by atoms with Crippen molar-refractivity contribution in [1.82, 2.24) is 0 Å². The zero-order valence-electron chi connectivity index (χ0n) is 10.1. The molecule has 4 nitrogen and oxygen atoms in total. The monoisotopic (exact) mass is 286 g/mol. The second-order valence-electron chi connectivity index (χ2n) is 3.63. The Labute approximate surface area is 105 Å². The molecule has 0 aliphatic rings. The largest absolute Gasteiger partial charge is 0.468 e. The molecule has 0 saturated heterocycles. The fraction of sp³-hybridized carbons (Fsp3) is 0.889. The number of hydrogen-bond acceptors (Lipinski definition) is 6. The molecule has 16 heavy (non-hydrogen) atoms. The minimum Gasteiger partial charge on any atom is -0.468 e. The molecule has 96 valence electrons. The Bertz CT molecular complexity index is 258. The maximum Gasteiger partial charge on any atom is 0.315 e. The molecule has 0 amide bonds. The van der Waals surface area contributed by atoms with E-state index in [-0.39, 0.29) is 11.7 Å². The summed E-state index contributed by atoms with van der Waals surface area (Å²) < 4.78 is 21.6. The predicted octanol–water partition coefficient (Wildman–Crippen LogP) is 3.08. The predicted molar refractivity (Wildman–Crippen MR) is 71.3 cm³/mol. The first-order valence-electron chi connectivity index (χ1n) is 4.88. The zero-order valence-corrected chi connectivity index (χ0v) is 12.6. The molecular formula is C9H19O4PS2. The van der Waals surface area contributed by atoms with Gasteiger partial charge < -0.3 is 9.26 Å². The molecule has 0 fully saturated rings. The molecule has 0 bridgehead atoms. The highest BCUT2D eigenvalue weighted by atomic mass is 32.7.